The number of hydrogen-bond acceptors (Lipinski definition) is 5. The third kappa shape index (κ3) is 3.05. The molecule has 2 aliphatic rings. The summed E-state index contributed by atoms with van der Waals surface area (Å²) in [6.45, 7) is 0.555. The van der Waals surface area contributed by atoms with Crippen molar-refractivity contribution in [1.82, 2.24) is 14.8 Å². The van der Waals surface area contributed by atoms with Crippen LogP contribution in [0.3, 0.4) is 0 Å². The van der Waals surface area contributed by atoms with Crippen LogP contribution in [0.4, 0.5) is 0 Å². The van der Waals surface area contributed by atoms with Crippen molar-refractivity contribution >= 4 is 11.8 Å². The van der Waals surface area contributed by atoms with E-state index in [4.69, 9.17) is 9.47 Å². The first-order chi connectivity index (χ1) is 12.9. The summed E-state index contributed by atoms with van der Waals surface area (Å²) in [5.74, 6) is 4.01. The van der Waals surface area contributed by atoms with Crippen LogP contribution in [-0.4, -0.2) is 33.2 Å². The minimum Gasteiger partial charge on any atom is -0.486 e. The summed E-state index contributed by atoms with van der Waals surface area (Å²) in [6.07, 6.45) is 2.40. The second kappa shape index (κ2) is 6.68. The van der Waals surface area contributed by atoms with Crippen LogP contribution < -0.4 is 9.47 Å². The predicted octanol–water partition coefficient (Wildman–Crippen LogP) is 4.08. The summed E-state index contributed by atoms with van der Waals surface area (Å²) in [6, 6.07) is 18.2. The number of ether oxygens (including phenoxy) is 2. The highest BCUT2D eigenvalue weighted by Crippen LogP contribution is 2.41. The Bertz CT molecular complexity index is 908. The van der Waals surface area contributed by atoms with Crippen molar-refractivity contribution in [3.05, 3.63) is 60.4 Å². The molecule has 1 aliphatic carbocycles. The van der Waals surface area contributed by atoms with Crippen molar-refractivity contribution in [3.63, 3.8) is 0 Å². The largest absolute Gasteiger partial charge is 0.486 e. The number of benzene rings is 2. The monoisotopic (exact) mass is 365 g/mol. The van der Waals surface area contributed by atoms with E-state index in [-0.39, 0.29) is 6.10 Å². The van der Waals surface area contributed by atoms with Gasteiger partial charge in [0.15, 0.2) is 16.7 Å². The normalized spacial score (nSPS) is 18.7. The molecule has 1 fully saturated rings. The lowest BCUT2D eigenvalue weighted by Crippen LogP contribution is -2.31. The van der Waals surface area contributed by atoms with E-state index < -0.39 is 0 Å². The highest BCUT2D eigenvalue weighted by molar-refractivity contribution is 7.99. The van der Waals surface area contributed by atoms with Crippen LogP contribution in [0.2, 0.25) is 0 Å². The SMILES string of the molecule is c1ccc(-n2c(SCC3COc4ccccc4O3)nnc2C2CC2)cc1. The molecule has 1 saturated carbocycles. The molecule has 0 radical (unpaired) electrons. The number of hydrogen-bond donors (Lipinski definition) is 0. The summed E-state index contributed by atoms with van der Waals surface area (Å²) in [5.41, 5.74) is 1.12. The van der Waals surface area contributed by atoms with Crippen LogP contribution in [0.1, 0.15) is 24.6 Å². The van der Waals surface area contributed by atoms with Crippen LogP contribution in [0.15, 0.2) is 59.8 Å². The topological polar surface area (TPSA) is 49.2 Å². The molecule has 1 aromatic heterocycles. The first-order valence-corrected chi connectivity index (χ1v) is 9.89. The fraction of sp³-hybridized carbons (Fsp3) is 0.300. The number of thioether (sulfide) groups is 1. The number of fused-ring (bicyclic) bond motifs is 1. The average molecular weight is 365 g/mol. The van der Waals surface area contributed by atoms with Gasteiger partial charge in [-0.3, -0.25) is 4.57 Å². The second-order valence-electron chi connectivity index (χ2n) is 6.59. The fourth-order valence-electron chi connectivity index (χ4n) is 3.11. The standard InChI is InChI=1S/C20H19N3O2S/c1-2-6-15(7-3-1)23-19(14-10-11-14)21-22-20(23)26-13-16-12-24-17-8-4-5-9-18(17)25-16/h1-9,14,16H,10-13H2. The van der Waals surface area contributed by atoms with Gasteiger partial charge in [0.2, 0.25) is 0 Å². The molecule has 2 heterocycles. The van der Waals surface area contributed by atoms with Crippen molar-refractivity contribution in [2.75, 3.05) is 12.4 Å². The summed E-state index contributed by atoms with van der Waals surface area (Å²) in [7, 11) is 0. The zero-order chi connectivity index (χ0) is 17.3. The predicted molar refractivity (Wildman–Crippen MR) is 100 cm³/mol. The van der Waals surface area contributed by atoms with Crippen LogP contribution in [0.25, 0.3) is 5.69 Å². The van der Waals surface area contributed by atoms with E-state index in [1.54, 1.807) is 11.8 Å². The molecule has 5 rings (SSSR count). The van der Waals surface area contributed by atoms with E-state index in [0.29, 0.717) is 12.5 Å². The van der Waals surface area contributed by atoms with Gasteiger partial charge in [-0.15, -0.1) is 10.2 Å². The van der Waals surface area contributed by atoms with E-state index >= 15 is 0 Å². The lowest BCUT2D eigenvalue weighted by atomic mass is 10.3. The molecular formula is C20H19N3O2S. The van der Waals surface area contributed by atoms with Crippen molar-refractivity contribution < 1.29 is 9.47 Å². The van der Waals surface area contributed by atoms with Crippen LogP contribution in [0.5, 0.6) is 11.5 Å². The number of para-hydroxylation sites is 3. The minimum absolute atomic E-state index is 0.000184. The molecule has 0 bridgehead atoms. The van der Waals surface area contributed by atoms with Gasteiger partial charge in [-0.2, -0.15) is 0 Å². The molecule has 2 aromatic carbocycles. The van der Waals surface area contributed by atoms with Crippen LogP contribution >= 0.6 is 11.8 Å². The van der Waals surface area contributed by atoms with Gasteiger partial charge in [0.1, 0.15) is 18.5 Å². The van der Waals surface area contributed by atoms with Gasteiger partial charge in [-0.1, -0.05) is 42.1 Å². The average Bonchev–Trinajstić information content (AvgIpc) is 3.46. The Hall–Kier alpha value is -2.47. The zero-order valence-corrected chi connectivity index (χ0v) is 15.1. The maximum absolute atomic E-state index is 6.06. The summed E-state index contributed by atoms with van der Waals surface area (Å²) in [4.78, 5) is 0. The van der Waals surface area contributed by atoms with Gasteiger partial charge in [-0.25, -0.2) is 0 Å². The Morgan fingerprint density at radius 1 is 0.962 bits per heavy atom. The molecule has 5 nitrogen and oxygen atoms in total. The van der Waals surface area contributed by atoms with Crippen LogP contribution in [-0.2, 0) is 0 Å². The van der Waals surface area contributed by atoms with Gasteiger partial charge >= 0.3 is 0 Å². The van der Waals surface area contributed by atoms with E-state index in [2.05, 4.69) is 39.0 Å². The Kier molecular flexibility index (Phi) is 4.05. The number of nitrogens with zero attached hydrogens (tertiary/aromatic N) is 3. The molecule has 1 unspecified atom stereocenters. The van der Waals surface area contributed by atoms with E-state index in [1.807, 2.05) is 30.3 Å². The minimum atomic E-state index is 0.000184. The molecule has 0 spiro atoms. The zero-order valence-electron chi connectivity index (χ0n) is 14.2. The summed E-state index contributed by atoms with van der Waals surface area (Å²) < 4.78 is 14.1. The Morgan fingerprint density at radius 3 is 2.54 bits per heavy atom. The summed E-state index contributed by atoms with van der Waals surface area (Å²) >= 11 is 1.67. The highest BCUT2D eigenvalue weighted by atomic mass is 32.2. The van der Waals surface area contributed by atoms with Gasteiger partial charge in [0, 0.05) is 17.4 Å². The van der Waals surface area contributed by atoms with Gasteiger partial charge < -0.3 is 9.47 Å². The lowest BCUT2D eigenvalue weighted by molar-refractivity contribution is 0.107. The number of aromatic nitrogens is 3. The highest BCUT2D eigenvalue weighted by Gasteiger charge is 2.31. The third-order valence-electron chi connectivity index (χ3n) is 4.58. The molecule has 1 atom stereocenters. The summed E-state index contributed by atoms with van der Waals surface area (Å²) in [5, 5.41) is 9.85. The molecule has 6 heteroatoms. The van der Waals surface area contributed by atoms with Crippen molar-refractivity contribution in [2.45, 2.75) is 30.0 Å². The molecule has 0 saturated heterocycles. The van der Waals surface area contributed by atoms with Gasteiger partial charge in [0.05, 0.1) is 0 Å². The van der Waals surface area contributed by atoms with E-state index in [0.717, 1.165) is 33.9 Å². The molecular weight excluding hydrogens is 346 g/mol. The molecule has 0 N–H and O–H groups in total. The Labute approximate surface area is 156 Å². The van der Waals surface area contributed by atoms with Gasteiger partial charge in [0.25, 0.3) is 0 Å². The molecule has 1 aliphatic heterocycles. The number of rotatable bonds is 5. The van der Waals surface area contributed by atoms with Crippen LogP contribution in [0, 0.1) is 0 Å². The smallest absolute Gasteiger partial charge is 0.195 e. The van der Waals surface area contributed by atoms with E-state index in [1.165, 1.54) is 12.8 Å². The molecule has 0 amide bonds. The second-order valence-corrected chi connectivity index (χ2v) is 7.58. The molecule has 3 aromatic rings. The maximum atomic E-state index is 6.06. The molecule has 132 valence electrons. The van der Waals surface area contributed by atoms with Crippen molar-refractivity contribution in [1.29, 1.82) is 0 Å². The van der Waals surface area contributed by atoms with Gasteiger partial charge in [-0.05, 0) is 37.1 Å². The first-order valence-electron chi connectivity index (χ1n) is 8.90. The first kappa shape index (κ1) is 15.8. The van der Waals surface area contributed by atoms with E-state index in [9.17, 15) is 0 Å². The van der Waals surface area contributed by atoms with Crippen molar-refractivity contribution in [3.8, 4) is 17.2 Å². The quantitative estimate of drug-likeness (QED) is 0.638. The third-order valence-corrected chi connectivity index (χ3v) is 5.64. The fourth-order valence-corrected chi connectivity index (χ4v) is 4.04. The maximum Gasteiger partial charge on any atom is 0.195 e. The Morgan fingerprint density at radius 2 is 1.73 bits per heavy atom. The van der Waals surface area contributed by atoms with Crippen molar-refractivity contribution in [2.24, 2.45) is 0 Å². The Balaban J connectivity index is 1.35. The lowest BCUT2D eigenvalue weighted by Gasteiger charge is -2.26. The molecule has 26 heavy (non-hydrogen) atoms.